The number of nitrogens with zero attached hydrogens (tertiary/aromatic N) is 2. The topological polar surface area (TPSA) is 74.5 Å². The molecule has 1 aromatic heterocycles. The van der Waals surface area contributed by atoms with Crippen LogP contribution in [0.15, 0.2) is 36.4 Å². The van der Waals surface area contributed by atoms with Gasteiger partial charge in [0.2, 0.25) is 5.88 Å². The zero-order valence-corrected chi connectivity index (χ0v) is 10.6. The highest BCUT2D eigenvalue weighted by atomic mass is 35.5. The second-order valence-corrected chi connectivity index (χ2v) is 3.88. The minimum atomic E-state index is -0.545. The Morgan fingerprint density at radius 1 is 1.32 bits per heavy atom. The highest BCUT2D eigenvalue weighted by molar-refractivity contribution is 6.29. The van der Waals surface area contributed by atoms with Crippen LogP contribution in [-0.2, 0) is 0 Å². The Labute approximate surface area is 113 Å². The number of nitro groups is 1. The first-order valence-electron chi connectivity index (χ1n) is 5.23. The smallest absolute Gasteiger partial charge is 0.314 e. The molecule has 0 saturated heterocycles. The molecule has 0 saturated carbocycles. The van der Waals surface area contributed by atoms with Gasteiger partial charge in [0.1, 0.15) is 10.9 Å². The van der Waals surface area contributed by atoms with E-state index in [1.165, 1.54) is 19.2 Å². The number of nitro benzene ring substituents is 1. The van der Waals surface area contributed by atoms with Gasteiger partial charge in [-0.25, -0.2) is 4.98 Å². The Bertz CT molecular complexity index is 618. The van der Waals surface area contributed by atoms with Crippen molar-refractivity contribution in [2.45, 2.75) is 0 Å². The molecule has 0 aliphatic heterocycles. The molecule has 0 amide bonds. The van der Waals surface area contributed by atoms with Gasteiger partial charge in [-0.2, -0.15) is 0 Å². The van der Waals surface area contributed by atoms with Gasteiger partial charge < -0.3 is 9.47 Å². The number of rotatable bonds is 4. The molecule has 7 heteroatoms. The van der Waals surface area contributed by atoms with Gasteiger partial charge in [-0.3, -0.25) is 10.1 Å². The van der Waals surface area contributed by atoms with Crippen LogP contribution in [0.5, 0.6) is 17.4 Å². The fraction of sp³-hybridized carbons (Fsp3) is 0.0833. The number of hydrogen-bond acceptors (Lipinski definition) is 5. The van der Waals surface area contributed by atoms with Crippen LogP contribution in [0.4, 0.5) is 5.69 Å². The standard InChI is InChI=1S/C12H9ClN2O4/c1-18-10-6-5-8(7-9(10)15(16)17)19-12-4-2-3-11(13)14-12/h2-7H,1H3. The minimum Gasteiger partial charge on any atom is -0.490 e. The van der Waals surface area contributed by atoms with Crippen molar-refractivity contribution >= 4 is 17.3 Å². The summed E-state index contributed by atoms with van der Waals surface area (Å²) in [6, 6.07) is 9.14. The molecule has 6 nitrogen and oxygen atoms in total. The first-order valence-corrected chi connectivity index (χ1v) is 5.61. The lowest BCUT2D eigenvalue weighted by Gasteiger charge is -2.06. The van der Waals surface area contributed by atoms with E-state index in [1.54, 1.807) is 24.3 Å². The Morgan fingerprint density at radius 2 is 2.11 bits per heavy atom. The molecule has 1 heterocycles. The fourth-order valence-electron chi connectivity index (χ4n) is 1.44. The number of halogens is 1. The maximum Gasteiger partial charge on any atom is 0.314 e. The van der Waals surface area contributed by atoms with Crippen molar-refractivity contribution in [2.75, 3.05) is 7.11 Å². The van der Waals surface area contributed by atoms with Gasteiger partial charge in [0.05, 0.1) is 18.1 Å². The number of aromatic nitrogens is 1. The highest BCUT2D eigenvalue weighted by Gasteiger charge is 2.16. The summed E-state index contributed by atoms with van der Waals surface area (Å²) in [5.74, 6) is 0.700. The van der Waals surface area contributed by atoms with E-state index in [0.29, 0.717) is 0 Å². The highest BCUT2D eigenvalue weighted by Crippen LogP contribution is 2.32. The van der Waals surface area contributed by atoms with Gasteiger partial charge in [-0.1, -0.05) is 17.7 Å². The molecule has 0 radical (unpaired) electrons. The van der Waals surface area contributed by atoms with Crippen LogP contribution in [0.3, 0.4) is 0 Å². The zero-order valence-electron chi connectivity index (χ0n) is 9.87. The van der Waals surface area contributed by atoms with Crippen LogP contribution in [0.25, 0.3) is 0 Å². The third kappa shape index (κ3) is 3.11. The van der Waals surface area contributed by atoms with Crippen LogP contribution in [-0.4, -0.2) is 17.0 Å². The summed E-state index contributed by atoms with van der Waals surface area (Å²) < 4.78 is 10.3. The normalized spacial score (nSPS) is 10.0. The third-order valence-electron chi connectivity index (χ3n) is 2.26. The number of methoxy groups -OCH3 is 1. The first kappa shape index (κ1) is 13.1. The largest absolute Gasteiger partial charge is 0.490 e. The van der Waals surface area contributed by atoms with E-state index in [9.17, 15) is 10.1 Å². The van der Waals surface area contributed by atoms with Gasteiger partial charge in [-0.05, 0) is 18.2 Å². The van der Waals surface area contributed by atoms with Gasteiger partial charge >= 0.3 is 5.69 Å². The quantitative estimate of drug-likeness (QED) is 0.487. The predicted molar refractivity (Wildman–Crippen MR) is 69.0 cm³/mol. The summed E-state index contributed by atoms with van der Waals surface area (Å²) >= 11 is 5.72. The summed E-state index contributed by atoms with van der Waals surface area (Å²) in [6.07, 6.45) is 0. The molecule has 0 spiro atoms. The molecule has 2 rings (SSSR count). The Hall–Kier alpha value is -2.34. The fourth-order valence-corrected chi connectivity index (χ4v) is 1.60. The molecule has 0 N–H and O–H groups in total. The van der Waals surface area contributed by atoms with Crippen molar-refractivity contribution in [3.05, 3.63) is 51.7 Å². The Morgan fingerprint density at radius 3 is 2.74 bits per heavy atom. The average molecular weight is 281 g/mol. The number of pyridine rings is 1. The molecule has 2 aromatic rings. The van der Waals surface area contributed by atoms with Crippen molar-refractivity contribution in [1.82, 2.24) is 4.98 Å². The van der Waals surface area contributed by atoms with Crippen molar-refractivity contribution < 1.29 is 14.4 Å². The van der Waals surface area contributed by atoms with Crippen molar-refractivity contribution in [1.29, 1.82) is 0 Å². The van der Waals surface area contributed by atoms with Gasteiger partial charge in [0.15, 0.2) is 5.75 Å². The molecular formula is C12H9ClN2O4. The maximum absolute atomic E-state index is 10.9. The summed E-state index contributed by atoms with van der Waals surface area (Å²) in [5.41, 5.74) is -0.179. The third-order valence-corrected chi connectivity index (χ3v) is 2.47. The van der Waals surface area contributed by atoms with E-state index in [0.717, 1.165) is 0 Å². The van der Waals surface area contributed by atoms with Crippen molar-refractivity contribution in [3.63, 3.8) is 0 Å². The lowest BCUT2D eigenvalue weighted by atomic mass is 10.3. The van der Waals surface area contributed by atoms with Gasteiger partial charge in [0, 0.05) is 6.07 Å². The van der Waals surface area contributed by atoms with E-state index >= 15 is 0 Å². The molecule has 0 unspecified atom stereocenters. The van der Waals surface area contributed by atoms with E-state index < -0.39 is 4.92 Å². The molecule has 0 bridgehead atoms. The molecule has 0 aliphatic rings. The van der Waals surface area contributed by atoms with Crippen LogP contribution in [0, 0.1) is 10.1 Å². The lowest BCUT2D eigenvalue weighted by molar-refractivity contribution is -0.385. The van der Waals surface area contributed by atoms with Crippen molar-refractivity contribution in [2.24, 2.45) is 0 Å². The summed E-state index contributed by atoms with van der Waals surface area (Å²) in [6.45, 7) is 0. The van der Waals surface area contributed by atoms with Gasteiger partial charge in [0.25, 0.3) is 0 Å². The summed E-state index contributed by atoms with van der Waals surface area (Å²) in [7, 11) is 1.36. The van der Waals surface area contributed by atoms with E-state index in [-0.39, 0.29) is 28.2 Å². The number of ether oxygens (including phenoxy) is 2. The van der Waals surface area contributed by atoms with Crippen LogP contribution in [0.2, 0.25) is 5.15 Å². The zero-order chi connectivity index (χ0) is 13.8. The lowest BCUT2D eigenvalue weighted by Crippen LogP contribution is -1.95. The first-order chi connectivity index (χ1) is 9.10. The molecule has 0 fully saturated rings. The molecular weight excluding hydrogens is 272 g/mol. The summed E-state index contributed by atoms with van der Waals surface area (Å²) in [5, 5.41) is 11.2. The Balaban J connectivity index is 2.31. The molecule has 98 valence electrons. The molecule has 19 heavy (non-hydrogen) atoms. The van der Waals surface area contributed by atoms with Crippen LogP contribution in [0.1, 0.15) is 0 Å². The van der Waals surface area contributed by atoms with Gasteiger partial charge in [-0.15, -0.1) is 0 Å². The Kier molecular flexibility index (Phi) is 3.82. The predicted octanol–water partition coefficient (Wildman–Crippen LogP) is 3.44. The van der Waals surface area contributed by atoms with Crippen LogP contribution >= 0.6 is 11.6 Å². The second-order valence-electron chi connectivity index (χ2n) is 3.49. The van der Waals surface area contributed by atoms with Crippen LogP contribution < -0.4 is 9.47 Å². The van der Waals surface area contributed by atoms with Crippen molar-refractivity contribution in [3.8, 4) is 17.4 Å². The monoisotopic (exact) mass is 280 g/mol. The number of hydrogen-bond donors (Lipinski definition) is 0. The molecule has 0 atom stereocenters. The molecule has 1 aromatic carbocycles. The van der Waals surface area contributed by atoms with E-state index in [2.05, 4.69) is 4.98 Å². The minimum absolute atomic E-state index is 0.163. The second kappa shape index (κ2) is 5.53. The average Bonchev–Trinajstić information content (AvgIpc) is 2.38. The SMILES string of the molecule is COc1ccc(Oc2cccc(Cl)n2)cc1[N+](=O)[O-]. The number of benzene rings is 1. The molecule has 0 aliphatic carbocycles. The maximum atomic E-state index is 10.9. The summed E-state index contributed by atoms with van der Waals surface area (Å²) in [4.78, 5) is 14.3. The van der Waals surface area contributed by atoms with E-state index in [4.69, 9.17) is 21.1 Å². The van der Waals surface area contributed by atoms with E-state index in [1.807, 2.05) is 0 Å².